The Morgan fingerprint density at radius 2 is 1.67 bits per heavy atom. The highest BCUT2D eigenvalue weighted by Gasteiger charge is 2.23. The summed E-state index contributed by atoms with van der Waals surface area (Å²) < 4.78 is 4.76. The van der Waals surface area contributed by atoms with Crippen molar-refractivity contribution >= 4 is 29.4 Å². The molecule has 2 amide bonds. The summed E-state index contributed by atoms with van der Waals surface area (Å²) in [7, 11) is 0. The summed E-state index contributed by atoms with van der Waals surface area (Å²) in [6.45, 7) is 5.23. The fourth-order valence-corrected chi connectivity index (χ4v) is 5.31. The Labute approximate surface area is 250 Å². The van der Waals surface area contributed by atoms with Crippen molar-refractivity contribution in [2.45, 2.75) is 19.2 Å². The van der Waals surface area contributed by atoms with E-state index in [1.165, 1.54) is 11.9 Å². The second-order valence-corrected chi connectivity index (χ2v) is 10.6. The van der Waals surface area contributed by atoms with Crippen molar-refractivity contribution in [1.29, 1.82) is 0 Å². The van der Waals surface area contributed by atoms with Crippen LogP contribution in [0.2, 0.25) is 0 Å². The van der Waals surface area contributed by atoms with Crippen LogP contribution in [0.25, 0.3) is 0 Å². The summed E-state index contributed by atoms with van der Waals surface area (Å²) in [6, 6.07) is 21.0. The lowest BCUT2D eigenvalue weighted by Gasteiger charge is -2.36. The average Bonchev–Trinajstić information content (AvgIpc) is 3.04. The van der Waals surface area contributed by atoms with E-state index < -0.39 is 0 Å². The Hall–Kier alpha value is -4.81. The first kappa shape index (κ1) is 28.7. The highest BCUT2D eigenvalue weighted by Crippen LogP contribution is 2.19. The number of aromatic nitrogens is 2. The summed E-state index contributed by atoms with van der Waals surface area (Å²) in [6.07, 6.45) is 6.71. The molecular formula is C33H32N5O3S+. The van der Waals surface area contributed by atoms with Crippen molar-refractivity contribution in [3.05, 3.63) is 119 Å². The number of aromatic hydroxyl groups is 1. The molecule has 1 fully saturated rings. The van der Waals surface area contributed by atoms with E-state index >= 15 is 0 Å². The number of hydrogen-bond acceptors (Lipinski definition) is 6. The summed E-state index contributed by atoms with van der Waals surface area (Å²) in [4.78, 5) is 34.0. The predicted molar refractivity (Wildman–Crippen MR) is 164 cm³/mol. The number of nitrogens with one attached hydrogen (secondary N) is 1. The second kappa shape index (κ2) is 13.7. The first-order chi connectivity index (χ1) is 20.5. The zero-order chi connectivity index (χ0) is 29.3. The number of amides is 2. The Morgan fingerprint density at radius 1 is 0.929 bits per heavy atom. The van der Waals surface area contributed by atoms with Gasteiger partial charge in [0.25, 0.3) is 11.8 Å². The molecule has 42 heavy (non-hydrogen) atoms. The largest absolute Gasteiger partial charge is 0.503 e. The van der Waals surface area contributed by atoms with Gasteiger partial charge < -0.3 is 14.9 Å². The topological polar surface area (TPSA) is 89.7 Å². The first-order valence-corrected chi connectivity index (χ1v) is 14.8. The van der Waals surface area contributed by atoms with E-state index in [1.807, 2.05) is 77.2 Å². The van der Waals surface area contributed by atoms with Crippen LogP contribution in [0.1, 0.15) is 44.3 Å². The van der Waals surface area contributed by atoms with Crippen molar-refractivity contribution in [2.75, 3.05) is 31.1 Å². The number of rotatable bonds is 7. The molecule has 2 N–H and O–H groups in total. The molecule has 0 spiro atoms. The molecule has 2 aromatic heterocycles. The van der Waals surface area contributed by atoms with E-state index in [1.54, 1.807) is 30.7 Å². The molecular weight excluding hydrogens is 546 g/mol. The van der Waals surface area contributed by atoms with E-state index in [0.29, 0.717) is 54.2 Å². The number of carbonyl (C=O) groups excluding carboxylic acids is 2. The maximum absolute atomic E-state index is 13.2. The zero-order valence-electron chi connectivity index (χ0n) is 23.4. The number of aryl methyl sites for hydroxylation is 1. The van der Waals surface area contributed by atoms with Crippen molar-refractivity contribution in [3.63, 3.8) is 0 Å². The minimum absolute atomic E-state index is 0.0768. The number of benzene rings is 2. The number of piperazine rings is 1. The molecule has 4 aromatic rings. The quantitative estimate of drug-likeness (QED) is 0.196. The fourth-order valence-electron chi connectivity index (χ4n) is 4.63. The number of carbonyl (C=O) groups is 2. The van der Waals surface area contributed by atoms with Crippen LogP contribution in [0.3, 0.4) is 0 Å². The van der Waals surface area contributed by atoms with Gasteiger partial charge in [0.05, 0.1) is 11.1 Å². The van der Waals surface area contributed by atoms with Gasteiger partial charge in [0.1, 0.15) is 6.54 Å². The maximum atomic E-state index is 13.2. The van der Waals surface area contributed by atoms with Crippen LogP contribution < -0.4 is 14.2 Å². The van der Waals surface area contributed by atoms with Crippen LogP contribution in [-0.4, -0.2) is 53.0 Å². The Morgan fingerprint density at radius 3 is 2.40 bits per heavy atom. The number of hydrogen-bond donors (Lipinski definition) is 2. The van der Waals surface area contributed by atoms with Gasteiger partial charge in [0, 0.05) is 67.2 Å². The molecule has 5 rings (SSSR count). The van der Waals surface area contributed by atoms with Gasteiger partial charge in [-0.25, -0.2) is 4.57 Å². The van der Waals surface area contributed by atoms with Crippen molar-refractivity contribution in [1.82, 2.24) is 14.6 Å². The lowest BCUT2D eigenvalue weighted by molar-refractivity contribution is -0.694. The van der Waals surface area contributed by atoms with Gasteiger partial charge in [-0.3, -0.25) is 19.3 Å². The SMILES string of the molecule is CC[n+]1cc(O)cc(C#Cc2cncc(C(=O)N3CCN(c4ccc(C(=O)NSCc5ccccc5)cc4)CC3)c2)c1. The summed E-state index contributed by atoms with van der Waals surface area (Å²) in [5, 5.41) is 9.90. The van der Waals surface area contributed by atoms with E-state index in [4.69, 9.17) is 0 Å². The molecule has 8 nitrogen and oxygen atoms in total. The second-order valence-electron chi connectivity index (χ2n) is 9.86. The number of anilines is 1. The first-order valence-electron chi connectivity index (χ1n) is 13.8. The smallest absolute Gasteiger partial charge is 0.261 e. The standard InChI is InChI=1S/C33H31N5O3S/c1-2-36-22-27(19-31(39)23-36)9-8-26-18-29(21-34-20-26)33(41)38-16-14-37(15-17-38)30-12-10-28(11-13-30)32(40)35-42-24-25-6-4-3-5-7-25/h3-7,10-13,18-23H,2,14-17,24H2,1H3,(H-,35,39,40)/p+1. The van der Waals surface area contributed by atoms with Crippen LogP contribution in [0.5, 0.6) is 5.75 Å². The number of pyridine rings is 2. The van der Waals surface area contributed by atoms with Crippen molar-refractivity contribution in [2.24, 2.45) is 0 Å². The number of nitrogens with zero attached hydrogens (tertiary/aromatic N) is 4. The average molecular weight is 579 g/mol. The lowest BCUT2D eigenvalue weighted by Crippen LogP contribution is -2.48. The molecule has 3 heterocycles. The monoisotopic (exact) mass is 578 g/mol. The highest BCUT2D eigenvalue weighted by molar-refractivity contribution is 7.97. The lowest BCUT2D eigenvalue weighted by atomic mass is 10.1. The van der Waals surface area contributed by atoms with Crippen molar-refractivity contribution in [3.8, 4) is 17.6 Å². The fraction of sp³-hybridized carbons (Fsp3) is 0.212. The molecule has 1 saturated heterocycles. The van der Waals surface area contributed by atoms with Crippen LogP contribution in [0, 0.1) is 11.8 Å². The van der Waals surface area contributed by atoms with Gasteiger partial charge >= 0.3 is 0 Å². The van der Waals surface area contributed by atoms with Gasteiger partial charge in [-0.1, -0.05) is 42.2 Å². The van der Waals surface area contributed by atoms with Gasteiger partial charge in [0.15, 0.2) is 11.9 Å². The van der Waals surface area contributed by atoms with Crippen LogP contribution in [0.15, 0.2) is 91.5 Å². The molecule has 0 bridgehead atoms. The van der Waals surface area contributed by atoms with Gasteiger partial charge in [-0.15, -0.1) is 0 Å². The molecule has 0 unspecified atom stereocenters. The van der Waals surface area contributed by atoms with Gasteiger partial charge in [-0.2, -0.15) is 0 Å². The summed E-state index contributed by atoms with van der Waals surface area (Å²) in [5.41, 5.74) is 4.59. The van der Waals surface area contributed by atoms with Gasteiger partial charge in [-0.05, 0) is 54.8 Å². The minimum Gasteiger partial charge on any atom is -0.503 e. The zero-order valence-corrected chi connectivity index (χ0v) is 24.2. The Bertz CT molecular complexity index is 1610. The van der Waals surface area contributed by atoms with Crippen LogP contribution in [0.4, 0.5) is 5.69 Å². The third kappa shape index (κ3) is 7.47. The molecule has 0 saturated carbocycles. The summed E-state index contributed by atoms with van der Waals surface area (Å²) in [5.74, 6) is 6.76. The molecule has 0 aliphatic carbocycles. The molecule has 2 aromatic carbocycles. The Balaban J connectivity index is 1.13. The summed E-state index contributed by atoms with van der Waals surface area (Å²) >= 11 is 1.38. The van der Waals surface area contributed by atoms with Crippen LogP contribution >= 0.6 is 11.9 Å². The maximum Gasteiger partial charge on any atom is 0.261 e. The van der Waals surface area contributed by atoms with E-state index in [0.717, 1.165) is 17.8 Å². The van der Waals surface area contributed by atoms with E-state index in [2.05, 4.69) is 26.4 Å². The third-order valence-corrected chi connectivity index (χ3v) is 7.72. The van der Waals surface area contributed by atoms with Crippen LogP contribution in [-0.2, 0) is 12.3 Å². The van der Waals surface area contributed by atoms with Crippen molar-refractivity contribution < 1.29 is 19.3 Å². The highest BCUT2D eigenvalue weighted by atomic mass is 32.2. The minimum atomic E-state index is -0.120. The van der Waals surface area contributed by atoms with E-state index in [-0.39, 0.29) is 17.6 Å². The van der Waals surface area contributed by atoms with E-state index in [9.17, 15) is 14.7 Å². The van der Waals surface area contributed by atoms with Gasteiger partial charge in [0.2, 0.25) is 6.20 Å². The molecule has 0 radical (unpaired) electrons. The Kier molecular flexibility index (Phi) is 9.37. The third-order valence-electron chi connectivity index (χ3n) is 6.92. The molecule has 1 aliphatic heterocycles. The molecule has 9 heteroatoms. The molecule has 1 aliphatic rings. The predicted octanol–water partition coefficient (Wildman–Crippen LogP) is 4.04. The normalized spacial score (nSPS) is 12.8. The molecule has 0 atom stereocenters. The molecule has 212 valence electrons.